The van der Waals surface area contributed by atoms with Crippen molar-refractivity contribution < 1.29 is 0 Å². The lowest BCUT2D eigenvalue weighted by molar-refractivity contribution is 0.375. The van der Waals surface area contributed by atoms with E-state index in [1.807, 2.05) is 24.3 Å². The predicted octanol–water partition coefficient (Wildman–Crippen LogP) is 13.7. The van der Waals surface area contributed by atoms with Gasteiger partial charge in [0.2, 0.25) is 0 Å². The van der Waals surface area contributed by atoms with E-state index in [4.69, 9.17) is 4.99 Å². The molecule has 0 amide bonds. The molecule has 9 rings (SSSR count). The molecule has 3 unspecified atom stereocenters. The number of benzene rings is 6. The van der Waals surface area contributed by atoms with Gasteiger partial charge < -0.3 is 5.32 Å². The van der Waals surface area contributed by atoms with E-state index in [0.29, 0.717) is 11.8 Å². The summed E-state index contributed by atoms with van der Waals surface area (Å²) in [6.45, 7) is 13.1. The Hall–Kier alpha value is -6.76. The van der Waals surface area contributed by atoms with E-state index in [1.165, 1.54) is 50.1 Å². The van der Waals surface area contributed by atoms with Crippen LogP contribution in [0.2, 0.25) is 0 Å². The second kappa shape index (κ2) is 16.7. The van der Waals surface area contributed by atoms with E-state index >= 15 is 0 Å². The molecule has 0 saturated heterocycles. The van der Waals surface area contributed by atoms with Crippen LogP contribution in [0.5, 0.6) is 0 Å². The molecule has 0 radical (unpaired) electrons. The molecule has 0 spiro atoms. The van der Waals surface area contributed by atoms with Gasteiger partial charge in [-0.15, -0.1) is 6.58 Å². The lowest BCUT2D eigenvalue weighted by Gasteiger charge is -2.43. The first-order valence-electron chi connectivity index (χ1n) is 21.8. The summed E-state index contributed by atoms with van der Waals surface area (Å²) in [5, 5.41) is 14.1. The van der Waals surface area contributed by atoms with Crippen molar-refractivity contribution in [3.8, 4) is 17.2 Å². The highest BCUT2D eigenvalue weighted by Crippen LogP contribution is 2.51. The van der Waals surface area contributed by atoms with E-state index in [1.54, 1.807) is 0 Å². The standard InChI is InChI=1S/C58H53N3/c1-6-16-52-40(7-2)35-58(5,55-22-15-14-21-53(52)55)50-32-48(36-59)39(4)54(34-50)46-26-24-41-23-25-45(30-47(41)31-46)51-28-27-44(29-38(51)3)49-33-56(42-17-10-8-11-18-42)61-57(60-37-49)43-19-12-9-13-20-43/h6-22,24,26-29,31-34,37,40,45,52H,2,23,25,30,35H2,1,3-5H3,(H,60,61)/b16-6-/t40?,45-,52?,58?/m1/s1. The van der Waals surface area contributed by atoms with Crippen LogP contribution < -0.4 is 5.32 Å². The third-order valence-corrected chi connectivity index (χ3v) is 13.7. The van der Waals surface area contributed by atoms with Crippen LogP contribution in [0.4, 0.5) is 0 Å². The summed E-state index contributed by atoms with van der Waals surface area (Å²) in [6.07, 6.45) is 15.0. The molecule has 6 aromatic rings. The Bertz CT molecular complexity index is 2810. The summed E-state index contributed by atoms with van der Waals surface area (Å²) in [5.74, 6) is 1.83. The lowest BCUT2D eigenvalue weighted by Crippen LogP contribution is -2.35. The number of hydrogen-bond acceptors (Lipinski definition) is 3. The van der Waals surface area contributed by atoms with Crippen LogP contribution >= 0.6 is 0 Å². The first kappa shape index (κ1) is 39.7. The Balaban J connectivity index is 1.03. The van der Waals surface area contributed by atoms with Crippen LogP contribution in [-0.2, 0) is 18.3 Å². The average Bonchev–Trinajstić information content (AvgIpc) is 3.54. The maximum absolute atomic E-state index is 10.5. The van der Waals surface area contributed by atoms with Gasteiger partial charge in [0.05, 0.1) is 17.3 Å². The minimum absolute atomic E-state index is 0.274. The molecular weight excluding hydrogens is 739 g/mol. The number of rotatable bonds is 8. The van der Waals surface area contributed by atoms with Gasteiger partial charge in [0, 0.05) is 28.7 Å². The van der Waals surface area contributed by atoms with Gasteiger partial charge in [-0.2, -0.15) is 5.26 Å². The van der Waals surface area contributed by atoms with Crippen molar-refractivity contribution in [1.29, 1.82) is 5.26 Å². The highest BCUT2D eigenvalue weighted by Gasteiger charge is 2.41. The number of aliphatic imine (C=N–C) groups is 1. The number of aryl methyl sites for hydroxylation is 2. The Morgan fingerprint density at radius 2 is 1.52 bits per heavy atom. The second-order valence-corrected chi connectivity index (χ2v) is 17.3. The van der Waals surface area contributed by atoms with Gasteiger partial charge in [-0.05, 0) is 143 Å². The highest BCUT2D eigenvalue weighted by molar-refractivity contribution is 6.05. The lowest BCUT2D eigenvalue weighted by atomic mass is 9.60. The van der Waals surface area contributed by atoms with Gasteiger partial charge in [0.1, 0.15) is 5.84 Å². The molecule has 3 heteroatoms. The van der Waals surface area contributed by atoms with Crippen molar-refractivity contribution in [1.82, 2.24) is 5.32 Å². The first-order chi connectivity index (χ1) is 29.8. The minimum Gasteiger partial charge on any atom is -0.346 e. The summed E-state index contributed by atoms with van der Waals surface area (Å²) in [5.41, 5.74) is 18.6. The van der Waals surface area contributed by atoms with Crippen molar-refractivity contribution in [2.24, 2.45) is 10.9 Å². The van der Waals surface area contributed by atoms with Crippen molar-refractivity contribution >= 4 is 17.1 Å². The summed E-state index contributed by atoms with van der Waals surface area (Å²) in [6, 6.07) is 50.8. The molecular formula is C58H53N3. The van der Waals surface area contributed by atoms with Crippen LogP contribution in [0.15, 0.2) is 176 Å². The van der Waals surface area contributed by atoms with Gasteiger partial charge >= 0.3 is 0 Å². The summed E-state index contributed by atoms with van der Waals surface area (Å²) in [7, 11) is 0. The van der Waals surface area contributed by atoms with E-state index in [9.17, 15) is 5.26 Å². The van der Waals surface area contributed by atoms with Crippen LogP contribution in [0.3, 0.4) is 0 Å². The molecule has 0 fully saturated rings. The molecule has 1 N–H and O–H groups in total. The zero-order valence-corrected chi connectivity index (χ0v) is 35.8. The largest absolute Gasteiger partial charge is 0.346 e. The molecule has 300 valence electrons. The fourth-order valence-corrected chi connectivity index (χ4v) is 10.3. The fraction of sp³-hybridized carbons (Fsp3) is 0.207. The van der Waals surface area contributed by atoms with Crippen LogP contribution in [0.25, 0.3) is 22.4 Å². The number of hydrogen-bond donors (Lipinski definition) is 1. The molecule has 4 atom stereocenters. The fourth-order valence-electron chi connectivity index (χ4n) is 10.3. The smallest absolute Gasteiger partial charge is 0.137 e. The molecule has 3 nitrogen and oxygen atoms in total. The average molecular weight is 792 g/mol. The number of nitriles is 1. The van der Waals surface area contributed by atoms with E-state index in [0.717, 1.165) is 70.6 Å². The summed E-state index contributed by atoms with van der Waals surface area (Å²) < 4.78 is 0. The molecule has 0 saturated carbocycles. The summed E-state index contributed by atoms with van der Waals surface area (Å²) in [4.78, 5) is 5.12. The maximum Gasteiger partial charge on any atom is 0.137 e. The molecule has 61 heavy (non-hydrogen) atoms. The topological polar surface area (TPSA) is 48.2 Å². The monoisotopic (exact) mass is 791 g/mol. The van der Waals surface area contributed by atoms with E-state index in [-0.39, 0.29) is 11.3 Å². The minimum atomic E-state index is -0.274. The van der Waals surface area contributed by atoms with Crippen molar-refractivity contribution in [3.05, 3.63) is 237 Å². The van der Waals surface area contributed by atoms with Crippen molar-refractivity contribution in [3.63, 3.8) is 0 Å². The predicted molar refractivity (Wildman–Crippen MR) is 255 cm³/mol. The van der Waals surface area contributed by atoms with Crippen LogP contribution in [0.1, 0.15) is 105 Å². The van der Waals surface area contributed by atoms with Gasteiger partial charge in [-0.25, -0.2) is 4.99 Å². The zero-order chi connectivity index (χ0) is 42.1. The molecule has 1 heterocycles. The van der Waals surface area contributed by atoms with Gasteiger partial charge in [-0.3, -0.25) is 0 Å². The van der Waals surface area contributed by atoms with Crippen molar-refractivity contribution in [2.45, 2.75) is 70.6 Å². The molecule has 0 bridgehead atoms. The van der Waals surface area contributed by atoms with Crippen LogP contribution in [-0.4, -0.2) is 5.84 Å². The number of allylic oxidation sites excluding steroid dienone is 5. The van der Waals surface area contributed by atoms with Gasteiger partial charge in [0.25, 0.3) is 0 Å². The Labute approximate surface area is 362 Å². The first-order valence-corrected chi connectivity index (χ1v) is 21.8. The molecule has 2 aliphatic carbocycles. The molecule has 6 aromatic carbocycles. The Morgan fingerprint density at radius 1 is 0.787 bits per heavy atom. The Kier molecular flexibility index (Phi) is 10.9. The zero-order valence-electron chi connectivity index (χ0n) is 35.8. The van der Waals surface area contributed by atoms with Crippen LogP contribution in [0, 0.1) is 31.1 Å². The second-order valence-electron chi connectivity index (χ2n) is 17.3. The van der Waals surface area contributed by atoms with E-state index in [2.05, 4.69) is 185 Å². The maximum atomic E-state index is 10.5. The molecule has 0 aromatic heterocycles. The van der Waals surface area contributed by atoms with Gasteiger partial charge in [-0.1, -0.05) is 146 Å². The number of nitrogens with one attached hydrogen (secondary N) is 1. The molecule has 1 aliphatic heterocycles. The normalized spacial score (nSPS) is 20.8. The third kappa shape index (κ3) is 7.53. The number of fused-ring (bicyclic) bond motifs is 2. The highest BCUT2D eigenvalue weighted by atomic mass is 15.0. The quantitative estimate of drug-likeness (QED) is 0.156. The summed E-state index contributed by atoms with van der Waals surface area (Å²) >= 11 is 0. The van der Waals surface area contributed by atoms with Gasteiger partial charge in [0.15, 0.2) is 0 Å². The Morgan fingerprint density at radius 3 is 2.26 bits per heavy atom. The van der Waals surface area contributed by atoms with Crippen molar-refractivity contribution in [2.75, 3.05) is 0 Å². The number of nitrogens with zero attached hydrogens (tertiary/aromatic N) is 2. The number of amidine groups is 1. The SMILES string of the molecule is C=CC1CC(C)(c2cc(C#N)c(C)c(-c3ccc4c(c3)C[C@H](c3ccc(C5=CNC(c6ccccc6)=NC(c6ccccc6)=C5)cc3C)CC4)c2)c2ccccc2C1/C=C\C. The van der Waals surface area contributed by atoms with E-state index < -0.39 is 0 Å². The third-order valence-electron chi connectivity index (χ3n) is 13.7. The molecule has 3 aliphatic rings.